The van der Waals surface area contributed by atoms with E-state index < -0.39 is 0 Å². The Morgan fingerprint density at radius 1 is 1.16 bits per heavy atom. The van der Waals surface area contributed by atoms with Crippen LogP contribution in [0.3, 0.4) is 0 Å². The maximum Gasteiger partial charge on any atom is 0.223 e. The molecule has 0 atom stereocenters. The molecule has 1 aliphatic rings. The molecule has 6 nitrogen and oxygen atoms in total. The molecule has 0 radical (unpaired) electrons. The molecule has 0 saturated carbocycles. The quantitative estimate of drug-likeness (QED) is 0.762. The van der Waals surface area contributed by atoms with Gasteiger partial charge in [0.15, 0.2) is 11.6 Å². The molecule has 4 rings (SSSR count). The number of fused-ring (bicyclic) bond motifs is 1. The lowest BCUT2D eigenvalue weighted by Crippen LogP contribution is -2.14. The molecule has 128 valence electrons. The predicted molar refractivity (Wildman–Crippen MR) is 95.5 cm³/mol. The molecular formula is C18H18ClN5O. The number of benzene rings is 1. The van der Waals surface area contributed by atoms with Gasteiger partial charge in [-0.3, -0.25) is 0 Å². The first-order valence-electron chi connectivity index (χ1n) is 8.38. The summed E-state index contributed by atoms with van der Waals surface area (Å²) < 4.78 is 5.02. The van der Waals surface area contributed by atoms with Crippen LogP contribution in [0.5, 0.6) is 0 Å². The molecule has 7 heteroatoms. The molecule has 0 saturated heterocycles. The molecule has 0 unspecified atom stereocenters. The smallest absolute Gasteiger partial charge is 0.223 e. The summed E-state index contributed by atoms with van der Waals surface area (Å²) in [6.07, 6.45) is 4.27. The van der Waals surface area contributed by atoms with Gasteiger partial charge in [-0.25, -0.2) is 9.97 Å². The molecule has 25 heavy (non-hydrogen) atoms. The predicted octanol–water partition coefficient (Wildman–Crippen LogP) is 3.98. The Morgan fingerprint density at radius 2 is 2.04 bits per heavy atom. The second-order valence-electron chi connectivity index (χ2n) is 6.12. The summed E-state index contributed by atoms with van der Waals surface area (Å²) >= 11 is 6.12. The highest BCUT2D eigenvalue weighted by atomic mass is 35.5. The fourth-order valence-corrected chi connectivity index (χ4v) is 3.26. The van der Waals surface area contributed by atoms with Gasteiger partial charge in [-0.05, 0) is 37.8 Å². The molecule has 0 bridgehead atoms. The maximum absolute atomic E-state index is 6.12. The third kappa shape index (κ3) is 3.49. The first-order valence-corrected chi connectivity index (χ1v) is 8.75. The van der Waals surface area contributed by atoms with Crippen molar-refractivity contribution >= 4 is 17.4 Å². The van der Waals surface area contributed by atoms with Crippen molar-refractivity contribution in [2.24, 2.45) is 0 Å². The van der Waals surface area contributed by atoms with Gasteiger partial charge < -0.3 is 9.84 Å². The van der Waals surface area contributed by atoms with Crippen LogP contribution in [0.2, 0.25) is 5.02 Å². The van der Waals surface area contributed by atoms with Crippen LogP contribution in [-0.2, 0) is 19.4 Å². The largest absolute Gasteiger partial charge is 0.362 e. The summed E-state index contributed by atoms with van der Waals surface area (Å²) in [7, 11) is 0. The summed E-state index contributed by atoms with van der Waals surface area (Å²) in [6, 6.07) is 7.62. The number of hydrogen-bond donors (Lipinski definition) is 1. The van der Waals surface area contributed by atoms with E-state index in [1.54, 1.807) is 6.92 Å². The zero-order valence-electron chi connectivity index (χ0n) is 13.9. The van der Waals surface area contributed by atoms with Crippen molar-refractivity contribution in [3.63, 3.8) is 0 Å². The zero-order valence-corrected chi connectivity index (χ0v) is 14.7. The number of anilines is 1. The molecule has 1 aliphatic carbocycles. The average molecular weight is 356 g/mol. The van der Waals surface area contributed by atoms with Gasteiger partial charge in [-0.2, -0.15) is 4.98 Å². The van der Waals surface area contributed by atoms with E-state index in [1.807, 2.05) is 24.3 Å². The Morgan fingerprint density at radius 3 is 2.84 bits per heavy atom. The standard InChI is InChI=1S/C18H18ClN5O/c1-11-21-16(24-25-11)10-20-18-14-7-2-3-8-15(14)22-17(23-18)12-5-4-6-13(19)9-12/h4-6,9H,2-3,7-8,10H2,1H3,(H,20,22,23). The molecule has 0 aliphatic heterocycles. The van der Waals surface area contributed by atoms with Gasteiger partial charge in [-0.1, -0.05) is 28.9 Å². The summed E-state index contributed by atoms with van der Waals surface area (Å²) in [5.41, 5.74) is 3.22. The second-order valence-corrected chi connectivity index (χ2v) is 6.56. The van der Waals surface area contributed by atoms with E-state index in [-0.39, 0.29) is 0 Å². The topological polar surface area (TPSA) is 76.7 Å². The number of hydrogen-bond acceptors (Lipinski definition) is 6. The van der Waals surface area contributed by atoms with E-state index in [0.717, 1.165) is 42.8 Å². The molecular weight excluding hydrogens is 338 g/mol. The van der Waals surface area contributed by atoms with Gasteiger partial charge in [0, 0.05) is 28.8 Å². The van der Waals surface area contributed by atoms with Crippen molar-refractivity contribution < 1.29 is 4.52 Å². The number of rotatable bonds is 4. The Kier molecular flexibility index (Phi) is 4.36. The lowest BCUT2D eigenvalue weighted by molar-refractivity contribution is 0.388. The van der Waals surface area contributed by atoms with Crippen LogP contribution in [0.1, 0.15) is 35.8 Å². The van der Waals surface area contributed by atoms with E-state index in [4.69, 9.17) is 26.1 Å². The minimum atomic E-state index is 0.468. The van der Waals surface area contributed by atoms with E-state index in [9.17, 15) is 0 Å². The van der Waals surface area contributed by atoms with Crippen molar-refractivity contribution in [3.8, 4) is 11.4 Å². The van der Waals surface area contributed by atoms with E-state index in [2.05, 4.69) is 15.5 Å². The van der Waals surface area contributed by atoms with Crippen molar-refractivity contribution in [1.29, 1.82) is 0 Å². The fraction of sp³-hybridized carbons (Fsp3) is 0.333. The lowest BCUT2D eigenvalue weighted by atomic mass is 9.96. The van der Waals surface area contributed by atoms with Gasteiger partial charge in [0.05, 0.1) is 6.54 Å². The van der Waals surface area contributed by atoms with Crippen LogP contribution in [0.15, 0.2) is 28.8 Å². The van der Waals surface area contributed by atoms with Gasteiger partial charge in [0.25, 0.3) is 0 Å². The number of aryl methyl sites for hydroxylation is 2. The summed E-state index contributed by atoms with van der Waals surface area (Å²) in [6.45, 7) is 2.25. The van der Waals surface area contributed by atoms with Crippen LogP contribution in [0, 0.1) is 6.92 Å². The van der Waals surface area contributed by atoms with Crippen LogP contribution >= 0.6 is 11.6 Å². The van der Waals surface area contributed by atoms with Crippen molar-refractivity contribution in [2.75, 3.05) is 5.32 Å². The molecule has 2 aromatic heterocycles. The van der Waals surface area contributed by atoms with Crippen LogP contribution in [-0.4, -0.2) is 20.1 Å². The van der Waals surface area contributed by atoms with Crippen LogP contribution in [0.25, 0.3) is 11.4 Å². The zero-order chi connectivity index (χ0) is 17.2. The second kappa shape index (κ2) is 6.80. The van der Waals surface area contributed by atoms with Gasteiger partial charge >= 0.3 is 0 Å². The lowest BCUT2D eigenvalue weighted by Gasteiger charge is -2.19. The molecule has 3 aromatic rings. The Balaban J connectivity index is 1.69. The van der Waals surface area contributed by atoms with Gasteiger partial charge in [0.2, 0.25) is 5.89 Å². The SMILES string of the molecule is Cc1nc(CNc2nc(-c3cccc(Cl)c3)nc3c2CCCC3)no1. The average Bonchev–Trinajstić information content (AvgIpc) is 3.05. The molecule has 2 heterocycles. The fourth-order valence-electron chi connectivity index (χ4n) is 3.07. The summed E-state index contributed by atoms with van der Waals surface area (Å²) in [5, 5.41) is 7.96. The third-order valence-electron chi connectivity index (χ3n) is 4.25. The van der Waals surface area contributed by atoms with Crippen molar-refractivity contribution in [2.45, 2.75) is 39.2 Å². The van der Waals surface area contributed by atoms with E-state index in [1.165, 1.54) is 5.56 Å². The van der Waals surface area contributed by atoms with Crippen LogP contribution in [0.4, 0.5) is 5.82 Å². The highest BCUT2D eigenvalue weighted by molar-refractivity contribution is 6.30. The summed E-state index contributed by atoms with van der Waals surface area (Å²) in [5.74, 6) is 2.71. The third-order valence-corrected chi connectivity index (χ3v) is 4.48. The molecule has 1 aromatic carbocycles. The van der Waals surface area contributed by atoms with Crippen LogP contribution < -0.4 is 5.32 Å². The Bertz CT molecular complexity index is 908. The summed E-state index contributed by atoms with van der Waals surface area (Å²) in [4.78, 5) is 13.8. The van der Waals surface area contributed by atoms with Crippen molar-refractivity contribution in [1.82, 2.24) is 20.1 Å². The molecule has 1 N–H and O–H groups in total. The van der Waals surface area contributed by atoms with Gasteiger partial charge in [0.1, 0.15) is 5.82 Å². The Hall–Kier alpha value is -2.47. The minimum absolute atomic E-state index is 0.468. The normalized spacial score (nSPS) is 13.5. The highest BCUT2D eigenvalue weighted by Crippen LogP contribution is 2.29. The van der Waals surface area contributed by atoms with Crippen molar-refractivity contribution in [3.05, 3.63) is 52.3 Å². The highest BCUT2D eigenvalue weighted by Gasteiger charge is 2.19. The minimum Gasteiger partial charge on any atom is -0.362 e. The number of nitrogens with one attached hydrogen (secondary N) is 1. The first-order chi connectivity index (χ1) is 12.2. The van der Waals surface area contributed by atoms with E-state index >= 15 is 0 Å². The van der Waals surface area contributed by atoms with Gasteiger partial charge in [-0.15, -0.1) is 0 Å². The molecule has 0 fully saturated rings. The number of nitrogens with zero attached hydrogens (tertiary/aromatic N) is 4. The number of halogens is 1. The Labute approximate surface area is 150 Å². The van der Waals surface area contributed by atoms with E-state index in [0.29, 0.717) is 29.1 Å². The monoisotopic (exact) mass is 355 g/mol. The first kappa shape index (κ1) is 16.0. The maximum atomic E-state index is 6.12. The number of aromatic nitrogens is 4. The molecule has 0 amide bonds. The molecule has 0 spiro atoms.